The first-order valence-corrected chi connectivity index (χ1v) is 7.67. The Labute approximate surface area is 148 Å². The zero-order valence-corrected chi connectivity index (χ0v) is 13.8. The van der Waals surface area contributed by atoms with Crippen LogP contribution in [0.15, 0.2) is 47.9 Å². The maximum Gasteiger partial charge on any atom is 0.306 e. The average Bonchev–Trinajstić information content (AvgIpc) is 2.56. The van der Waals surface area contributed by atoms with Gasteiger partial charge < -0.3 is 9.84 Å². The topological polar surface area (TPSA) is 83.9 Å². The number of nitrogens with zero attached hydrogens (tertiary/aromatic N) is 1. The highest BCUT2D eigenvalue weighted by atomic mass is 32.1. The first kappa shape index (κ1) is 18.5. The van der Waals surface area contributed by atoms with E-state index in [1.165, 1.54) is 24.3 Å². The molecule has 2 rings (SSSR count). The number of carbonyl (C=O) groups is 3. The minimum atomic E-state index is -1.05. The zero-order valence-electron chi connectivity index (χ0n) is 13.0. The Bertz CT molecular complexity index is 787. The smallest absolute Gasteiger partial charge is 0.306 e. The molecule has 8 heteroatoms. The summed E-state index contributed by atoms with van der Waals surface area (Å²) in [4.78, 5) is 35.3. The van der Waals surface area contributed by atoms with E-state index in [2.05, 4.69) is 0 Å². The molecule has 0 unspecified atom stereocenters. The Morgan fingerprint density at radius 3 is 2.80 bits per heavy atom. The van der Waals surface area contributed by atoms with Crippen molar-refractivity contribution in [2.45, 2.75) is 12.8 Å². The molecular weight excluding hydrogens is 349 g/mol. The summed E-state index contributed by atoms with van der Waals surface area (Å²) in [6, 6.07) is 5.17. The number of hydrogen-bond acceptors (Lipinski definition) is 5. The van der Waals surface area contributed by atoms with E-state index in [0.717, 1.165) is 11.0 Å². The molecule has 1 aliphatic carbocycles. The van der Waals surface area contributed by atoms with Crippen molar-refractivity contribution in [1.82, 2.24) is 0 Å². The van der Waals surface area contributed by atoms with Crippen LogP contribution in [0.25, 0.3) is 0 Å². The summed E-state index contributed by atoms with van der Waals surface area (Å²) in [5.41, 5.74) is 0.352. The van der Waals surface area contributed by atoms with Crippen molar-refractivity contribution < 1.29 is 28.6 Å². The molecule has 0 heterocycles. The summed E-state index contributed by atoms with van der Waals surface area (Å²) in [6.07, 6.45) is 3.24. The molecule has 0 spiro atoms. The van der Waals surface area contributed by atoms with Crippen molar-refractivity contribution in [2.24, 2.45) is 0 Å². The fourth-order valence-electron chi connectivity index (χ4n) is 2.20. The number of rotatable bonds is 7. The molecule has 0 saturated heterocycles. The molecule has 1 amide bonds. The van der Waals surface area contributed by atoms with E-state index in [0.29, 0.717) is 11.3 Å². The Balaban J connectivity index is 2.38. The van der Waals surface area contributed by atoms with Crippen LogP contribution < -0.4 is 4.90 Å². The van der Waals surface area contributed by atoms with Crippen LogP contribution in [0.4, 0.5) is 10.1 Å². The molecular formula is C17H14FNO5S. The van der Waals surface area contributed by atoms with E-state index < -0.39 is 17.7 Å². The van der Waals surface area contributed by atoms with Crippen molar-refractivity contribution in [3.63, 3.8) is 0 Å². The molecule has 0 fully saturated rings. The predicted molar refractivity (Wildman–Crippen MR) is 91.5 cm³/mol. The fraction of sp³-hybridized carbons (Fsp3) is 0.176. The standard InChI is InChI=1S/C17H14FNO5S/c18-11-2-1-3-12(8-11)19(16(21)10-20)14-5-4-13(25)9-15(14)24-7-6-17(22)23/h1-3,5,8-10H,4,6-7H2,(H,22,23). The van der Waals surface area contributed by atoms with E-state index >= 15 is 0 Å². The van der Waals surface area contributed by atoms with Crippen LogP contribution in [0.3, 0.4) is 0 Å². The van der Waals surface area contributed by atoms with Gasteiger partial charge in [0, 0.05) is 11.3 Å². The van der Waals surface area contributed by atoms with Crippen molar-refractivity contribution >= 4 is 40.9 Å². The maximum absolute atomic E-state index is 13.5. The number of carboxylic acid groups (broad SMARTS) is 1. The van der Waals surface area contributed by atoms with Crippen LogP contribution in [0.1, 0.15) is 12.8 Å². The van der Waals surface area contributed by atoms with E-state index in [1.54, 1.807) is 6.08 Å². The first-order valence-electron chi connectivity index (χ1n) is 7.27. The lowest BCUT2D eigenvalue weighted by atomic mass is 10.1. The van der Waals surface area contributed by atoms with Gasteiger partial charge in [-0.05, 0) is 24.3 Å². The minimum absolute atomic E-state index is 0.105. The van der Waals surface area contributed by atoms with E-state index in [-0.39, 0.29) is 36.5 Å². The fourth-order valence-corrected chi connectivity index (χ4v) is 2.39. The van der Waals surface area contributed by atoms with Crippen LogP contribution in [0, 0.1) is 5.82 Å². The van der Waals surface area contributed by atoms with Gasteiger partial charge in [0.05, 0.1) is 24.4 Å². The summed E-state index contributed by atoms with van der Waals surface area (Å²) in [7, 11) is 0. The molecule has 1 aromatic carbocycles. The van der Waals surface area contributed by atoms with Crippen molar-refractivity contribution in [1.29, 1.82) is 0 Å². The van der Waals surface area contributed by atoms with Crippen LogP contribution in [0.5, 0.6) is 0 Å². The molecule has 0 aromatic heterocycles. The number of benzene rings is 1. The number of thiocarbonyl (C=S) groups is 1. The molecule has 1 N–H and O–H groups in total. The summed E-state index contributed by atoms with van der Waals surface area (Å²) in [6.45, 7) is -0.145. The molecule has 0 saturated carbocycles. The number of aldehydes is 1. The first-order chi connectivity index (χ1) is 11.9. The molecule has 25 heavy (non-hydrogen) atoms. The van der Waals surface area contributed by atoms with Crippen LogP contribution in [-0.2, 0) is 19.1 Å². The second-order valence-electron chi connectivity index (χ2n) is 5.03. The van der Waals surface area contributed by atoms with Gasteiger partial charge >= 0.3 is 5.97 Å². The summed E-state index contributed by atoms with van der Waals surface area (Å²) >= 11 is 5.11. The lowest BCUT2D eigenvalue weighted by molar-refractivity contribution is -0.137. The highest BCUT2D eigenvalue weighted by Gasteiger charge is 2.26. The number of halogens is 1. The van der Waals surface area contributed by atoms with Gasteiger partial charge in [0.15, 0.2) is 0 Å². The number of carboxylic acids is 1. The van der Waals surface area contributed by atoms with Gasteiger partial charge in [-0.15, -0.1) is 0 Å². The molecule has 6 nitrogen and oxygen atoms in total. The Morgan fingerprint density at radius 1 is 1.40 bits per heavy atom. The number of ether oxygens (including phenoxy) is 1. The number of hydrogen-bond donors (Lipinski definition) is 1. The van der Waals surface area contributed by atoms with Crippen LogP contribution in [-0.4, -0.2) is 34.7 Å². The third-order valence-electron chi connectivity index (χ3n) is 3.24. The van der Waals surface area contributed by atoms with Gasteiger partial charge in [0.1, 0.15) is 11.6 Å². The second-order valence-corrected chi connectivity index (χ2v) is 5.56. The average molecular weight is 363 g/mol. The monoisotopic (exact) mass is 363 g/mol. The molecule has 130 valence electrons. The number of allylic oxidation sites excluding steroid dienone is 2. The number of aliphatic carboxylic acids is 1. The van der Waals surface area contributed by atoms with Crippen molar-refractivity contribution in [3.8, 4) is 0 Å². The lowest BCUT2D eigenvalue weighted by Gasteiger charge is -2.27. The highest BCUT2D eigenvalue weighted by molar-refractivity contribution is 7.80. The van der Waals surface area contributed by atoms with Crippen molar-refractivity contribution in [3.05, 3.63) is 53.7 Å². The molecule has 1 aliphatic rings. The second kappa shape index (κ2) is 8.29. The van der Waals surface area contributed by atoms with Gasteiger partial charge in [0.25, 0.3) is 5.91 Å². The highest BCUT2D eigenvalue weighted by Crippen LogP contribution is 2.28. The van der Waals surface area contributed by atoms with E-state index in [4.69, 9.17) is 22.1 Å². The molecule has 0 radical (unpaired) electrons. The number of anilines is 1. The normalized spacial score (nSPS) is 13.6. The largest absolute Gasteiger partial charge is 0.491 e. The summed E-state index contributed by atoms with van der Waals surface area (Å²) in [5.74, 6) is -2.39. The van der Waals surface area contributed by atoms with Crippen LogP contribution in [0.2, 0.25) is 0 Å². The van der Waals surface area contributed by atoms with Crippen LogP contribution >= 0.6 is 12.2 Å². The van der Waals surface area contributed by atoms with Gasteiger partial charge in [0.2, 0.25) is 6.29 Å². The predicted octanol–water partition coefficient (Wildman–Crippen LogP) is 2.39. The molecule has 0 bridgehead atoms. The lowest BCUT2D eigenvalue weighted by Crippen LogP contribution is -2.33. The number of carbonyl (C=O) groups excluding carboxylic acids is 2. The molecule has 0 aliphatic heterocycles. The number of amides is 1. The Kier molecular flexibility index (Phi) is 6.13. The van der Waals surface area contributed by atoms with E-state index in [1.807, 2.05) is 0 Å². The maximum atomic E-state index is 13.5. The Hall–Kier alpha value is -2.87. The van der Waals surface area contributed by atoms with Gasteiger partial charge in [-0.1, -0.05) is 24.4 Å². The third kappa shape index (κ3) is 4.80. The molecule has 1 aromatic rings. The SMILES string of the molecule is O=CC(=O)N(C1=CCC(=S)C=C1OCCC(=O)O)c1cccc(F)c1. The summed E-state index contributed by atoms with van der Waals surface area (Å²) < 4.78 is 19.0. The molecule has 0 atom stereocenters. The van der Waals surface area contributed by atoms with Crippen molar-refractivity contribution in [2.75, 3.05) is 11.5 Å². The zero-order chi connectivity index (χ0) is 18.4. The van der Waals surface area contributed by atoms with Gasteiger partial charge in [-0.25, -0.2) is 4.39 Å². The minimum Gasteiger partial charge on any atom is -0.491 e. The van der Waals surface area contributed by atoms with E-state index in [9.17, 15) is 18.8 Å². The van der Waals surface area contributed by atoms with Gasteiger partial charge in [-0.2, -0.15) is 0 Å². The quantitative estimate of drug-likeness (QED) is 0.455. The summed E-state index contributed by atoms with van der Waals surface area (Å²) in [5, 5.41) is 8.71. The Morgan fingerprint density at radius 2 is 2.16 bits per heavy atom. The van der Waals surface area contributed by atoms with Gasteiger partial charge in [-0.3, -0.25) is 19.3 Å². The third-order valence-corrected chi connectivity index (χ3v) is 3.53.